The number of rotatable bonds is 3. The molecule has 0 N–H and O–H groups in total. The van der Waals surface area contributed by atoms with E-state index in [1.165, 1.54) is 101 Å². The van der Waals surface area contributed by atoms with Crippen LogP contribution in [-0.2, 0) is 0 Å². The Balaban J connectivity index is 1.75. The summed E-state index contributed by atoms with van der Waals surface area (Å²) in [6.45, 7) is 0. The third kappa shape index (κ3) is 4.88. The van der Waals surface area contributed by atoms with Crippen LogP contribution < -0.4 is 0 Å². The van der Waals surface area contributed by atoms with Gasteiger partial charge in [-0.2, -0.15) is 0 Å². The van der Waals surface area contributed by atoms with Crippen LogP contribution in [0.15, 0.2) is 48.5 Å². The minimum atomic E-state index is 0.761. The van der Waals surface area contributed by atoms with Gasteiger partial charge in [0.05, 0.1) is 0 Å². The van der Waals surface area contributed by atoms with E-state index in [1.54, 1.807) is 11.1 Å². The first kappa shape index (κ1) is 19.7. The molecular weight excluding hydrogens is 336 g/mol. The van der Waals surface area contributed by atoms with Crippen molar-refractivity contribution in [2.45, 2.75) is 102 Å². The summed E-state index contributed by atoms with van der Waals surface area (Å²) in [5.74, 6) is 1.54. The van der Waals surface area contributed by atoms with Crippen molar-refractivity contribution in [2.75, 3.05) is 0 Å². The average Bonchev–Trinajstić information content (AvgIpc) is 2.68. The Morgan fingerprint density at radius 2 is 1.00 bits per heavy atom. The molecule has 0 saturated heterocycles. The Kier molecular flexibility index (Phi) is 7.25. The second kappa shape index (κ2) is 10.3. The van der Waals surface area contributed by atoms with Gasteiger partial charge >= 0.3 is 0 Å². The topological polar surface area (TPSA) is 0 Å². The van der Waals surface area contributed by atoms with Crippen molar-refractivity contribution in [3.05, 3.63) is 59.7 Å². The Bertz CT molecular complexity index is 698. The summed E-state index contributed by atoms with van der Waals surface area (Å²) in [4.78, 5) is 0. The summed E-state index contributed by atoms with van der Waals surface area (Å²) < 4.78 is 0. The molecule has 2 saturated carbocycles. The summed E-state index contributed by atoms with van der Waals surface area (Å²) in [6, 6.07) is 18.5. The summed E-state index contributed by atoms with van der Waals surface area (Å²) in [5.41, 5.74) is 6.41. The lowest BCUT2D eigenvalue weighted by Crippen LogP contribution is -2.12. The van der Waals surface area contributed by atoms with E-state index in [4.69, 9.17) is 0 Å². The highest BCUT2D eigenvalue weighted by molar-refractivity contribution is 5.70. The largest absolute Gasteiger partial charge is 0.0622 e. The summed E-state index contributed by atoms with van der Waals surface area (Å²) >= 11 is 0. The summed E-state index contributed by atoms with van der Waals surface area (Å²) in [6.07, 6.45) is 19.9. The van der Waals surface area contributed by atoms with E-state index < -0.39 is 0 Å². The van der Waals surface area contributed by atoms with Crippen LogP contribution in [0.5, 0.6) is 0 Å². The fraction of sp³-hybridized carbons (Fsp3) is 0.571. The zero-order valence-electron chi connectivity index (χ0n) is 17.7. The maximum atomic E-state index is 2.51. The maximum absolute atomic E-state index is 2.51. The van der Waals surface area contributed by atoms with Gasteiger partial charge in [-0.05, 0) is 59.8 Å². The van der Waals surface area contributed by atoms with Crippen LogP contribution >= 0.6 is 0 Å². The molecule has 28 heavy (non-hydrogen) atoms. The van der Waals surface area contributed by atoms with Gasteiger partial charge in [0.2, 0.25) is 0 Å². The fourth-order valence-electron chi connectivity index (χ4n) is 5.78. The zero-order chi connectivity index (χ0) is 19.0. The smallest absolute Gasteiger partial charge is 0.0146 e. The van der Waals surface area contributed by atoms with Crippen molar-refractivity contribution in [3.8, 4) is 11.1 Å². The third-order valence-electron chi connectivity index (χ3n) is 7.28. The molecule has 2 fully saturated rings. The predicted molar refractivity (Wildman–Crippen MR) is 122 cm³/mol. The second-order valence-corrected chi connectivity index (χ2v) is 9.26. The van der Waals surface area contributed by atoms with Crippen molar-refractivity contribution in [3.63, 3.8) is 0 Å². The molecular formula is C28H38. The molecule has 2 aromatic rings. The van der Waals surface area contributed by atoms with E-state index in [1.807, 2.05) is 0 Å². The Hall–Kier alpha value is -1.56. The van der Waals surface area contributed by atoms with E-state index in [0.717, 1.165) is 11.8 Å². The van der Waals surface area contributed by atoms with Crippen LogP contribution in [0.4, 0.5) is 0 Å². The summed E-state index contributed by atoms with van der Waals surface area (Å²) in [7, 11) is 0. The molecule has 0 nitrogen and oxygen atoms in total. The molecule has 150 valence electrons. The van der Waals surface area contributed by atoms with Gasteiger partial charge in [0.1, 0.15) is 0 Å². The lowest BCUT2D eigenvalue weighted by atomic mass is 9.75. The lowest BCUT2D eigenvalue weighted by Gasteiger charge is -2.30. The maximum Gasteiger partial charge on any atom is -0.0146 e. The highest BCUT2D eigenvalue weighted by Crippen LogP contribution is 2.43. The predicted octanol–water partition coefficient (Wildman–Crippen LogP) is 9.01. The minimum absolute atomic E-state index is 0.761. The van der Waals surface area contributed by atoms with Crippen LogP contribution in [0, 0.1) is 0 Å². The van der Waals surface area contributed by atoms with Crippen LogP contribution in [0.3, 0.4) is 0 Å². The number of hydrogen-bond acceptors (Lipinski definition) is 0. The van der Waals surface area contributed by atoms with Gasteiger partial charge in [-0.15, -0.1) is 0 Å². The van der Waals surface area contributed by atoms with Crippen molar-refractivity contribution in [1.82, 2.24) is 0 Å². The molecule has 0 aromatic heterocycles. The quantitative estimate of drug-likeness (QED) is 0.502. The average molecular weight is 375 g/mol. The molecule has 0 bridgehead atoms. The van der Waals surface area contributed by atoms with Crippen LogP contribution in [-0.4, -0.2) is 0 Å². The fourth-order valence-corrected chi connectivity index (χ4v) is 5.78. The van der Waals surface area contributed by atoms with Crippen LogP contribution in [0.25, 0.3) is 11.1 Å². The van der Waals surface area contributed by atoms with E-state index in [0.29, 0.717) is 0 Å². The van der Waals surface area contributed by atoms with E-state index in [2.05, 4.69) is 48.5 Å². The highest BCUT2D eigenvalue weighted by atomic mass is 14.3. The number of hydrogen-bond donors (Lipinski definition) is 0. The standard InChI is InChI=1S/C28H38/c1-3-8-15-23(16-9-4-1)26-21-14-22-27(24-17-12-7-13-18-24)28(26)25-19-10-5-2-6-11-20-25/h7,12-14,17-18,21-23,25H,1-6,8-11,15-16,19-20H2. The first-order valence-corrected chi connectivity index (χ1v) is 12.1. The number of benzene rings is 2. The van der Waals surface area contributed by atoms with Gasteiger partial charge in [0.15, 0.2) is 0 Å². The molecule has 2 aromatic carbocycles. The second-order valence-electron chi connectivity index (χ2n) is 9.26. The third-order valence-corrected chi connectivity index (χ3v) is 7.28. The molecule has 0 amide bonds. The van der Waals surface area contributed by atoms with Gasteiger partial charge < -0.3 is 0 Å². The van der Waals surface area contributed by atoms with Gasteiger partial charge in [0.25, 0.3) is 0 Å². The van der Waals surface area contributed by atoms with E-state index in [9.17, 15) is 0 Å². The lowest BCUT2D eigenvalue weighted by molar-refractivity contribution is 0.434. The van der Waals surface area contributed by atoms with Crippen molar-refractivity contribution < 1.29 is 0 Å². The highest BCUT2D eigenvalue weighted by Gasteiger charge is 2.25. The van der Waals surface area contributed by atoms with Crippen LogP contribution in [0.1, 0.15) is 113 Å². The van der Waals surface area contributed by atoms with Crippen molar-refractivity contribution in [2.24, 2.45) is 0 Å². The zero-order valence-corrected chi connectivity index (χ0v) is 17.7. The minimum Gasteiger partial charge on any atom is -0.0622 e. The summed E-state index contributed by atoms with van der Waals surface area (Å²) in [5, 5.41) is 0. The Labute approximate surface area is 172 Å². The van der Waals surface area contributed by atoms with Crippen LogP contribution in [0.2, 0.25) is 0 Å². The van der Waals surface area contributed by atoms with Crippen molar-refractivity contribution in [1.29, 1.82) is 0 Å². The molecule has 0 heteroatoms. The van der Waals surface area contributed by atoms with E-state index >= 15 is 0 Å². The normalized spacial score (nSPS) is 20.7. The molecule has 0 aliphatic heterocycles. The van der Waals surface area contributed by atoms with Gasteiger partial charge in [-0.3, -0.25) is 0 Å². The Morgan fingerprint density at radius 1 is 0.464 bits per heavy atom. The monoisotopic (exact) mass is 374 g/mol. The molecule has 0 spiro atoms. The first-order valence-electron chi connectivity index (χ1n) is 12.1. The molecule has 0 unspecified atom stereocenters. The van der Waals surface area contributed by atoms with Gasteiger partial charge in [0, 0.05) is 0 Å². The molecule has 0 radical (unpaired) electrons. The molecule has 2 aliphatic rings. The first-order chi connectivity index (χ1) is 13.9. The molecule has 2 aliphatic carbocycles. The molecule has 0 heterocycles. The molecule has 0 atom stereocenters. The SMILES string of the molecule is c1ccc(-c2cccc(C3CCCCCCC3)c2C2CCCCCCC2)cc1. The van der Waals surface area contributed by atoms with Crippen molar-refractivity contribution >= 4 is 0 Å². The molecule has 4 rings (SSSR count). The van der Waals surface area contributed by atoms with Gasteiger partial charge in [-0.1, -0.05) is 113 Å². The Morgan fingerprint density at radius 3 is 1.61 bits per heavy atom. The van der Waals surface area contributed by atoms with E-state index in [-0.39, 0.29) is 0 Å². The van der Waals surface area contributed by atoms with Gasteiger partial charge in [-0.25, -0.2) is 0 Å².